The second kappa shape index (κ2) is 13.0. The van der Waals surface area contributed by atoms with Crippen LogP contribution in [0, 0.1) is 5.92 Å². The van der Waals surface area contributed by atoms with Crippen molar-refractivity contribution in [3.05, 3.63) is 0 Å². The molecule has 0 bridgehead atoms. The van der Waals surface area contributed by atoms with Crippen LogP contribution in [0.3, 0.4) is 0 Å². The van der Waals surface area contributed by atoms with Gasteiger partial charge in [0.15, 0.2) is 5.96 Å². The van der Waals surface area contributed by atoms with E-state index in [9.17, 15) is 0 Å². The van der Waals surface area contributed by atoms with Crippen LogP contribution in [0.2, 0.25) is 0 Å². The molecule has 0 saturated carbocycles. The lowest BCUT2D eigenvalue weighted by molar-refractivity contribution is 0.108. The Hall–Kier alpha value is 0.310. The van der Waals surface area contributed by atoms with Crippen LogP contribution < -0.4 is 10.6 Å². The highest BCUT2D eigenvalue weighted by Crippen LogP contribution is 2.19. The van der Waals surface area contributed by atoms with Crippen LogP contribution in [0.5, 0.6) is 0 Å². The van der Waals surface area contributed by atoms with Crippen molar-refractivity contribution >= 4 is 41.7 Å². The summed E-state index contributed by atoms with van der Waals surface area (Å²) in [5.74, 6) is 1.47. The summed E-state index contributed by atoms with van der Waals surface area (Å²) >= 11 is 1.85. The first-order chi connectivity index (χ1) is 8.91. The topological polar surface area (TPSA) is 45.7 Å². The van der Waals surface area contributed by atoms with Gasteiger partial charge in [-0.25, -0.2) is 0 Å². The molecule has 0 aromatic carbocycles. The highest BCUT2D eigenvalue weighted by molar-refractivity contribution is 14.0. The normalized spacial score (nSPS) is 12.2. The summed E-state index contributed by atoms with van der Waals surface area (Å²) in [5, 5.41) is 6.65. The fourth-order valence-corrected chi connectivity index (χ4v) is 1.51. The first-order valence-corrected chi connectivity index (χ1v) is 8.21. The molecule has 0 atom stereocenters. The van der Waals surface area contributed by atoms with Gasteiger partial charge in [0.05, 0.1) is 0 Å². The minimum absolute atomic E-state index is 0. The van der Waals surface area contributed by atoms with Gasteiger partial charge in [-0.3, -0.25) is 4.99 Å². The molecule has 0 rings (SSSR count). The summed E-state index contributed by atoms with van der Waals surface area (Å²) in [7, 11) is 1.80. The third kappa shape index (κ3) is 13.3. The van der Waals surface area contributed by atoms with Crippen LogP contribution in [0.25, 0.3) is 0 Å². The summed E-state index contributed by atoms with van der Waals surface area (Å²) in [4.78, 5) is 4.22. The van der Waals surface area contributed by atoms with E-state index in [1.165, 1.54) is 0 Å². The van der Waals surface area contributed by atoms with E-state index in [4.69, 9.17) is 4.74 Å². The summed E-state index contributed by atoms with van der Waals surface area (Å²) in [5.41, 5.74) is 0. The van der Waals surface area contributed by atoms with Gasteiger partial charge < -0.3 is 15.4 Å². The number of nitrogens with zero attached hydrogens (tertiary/aromatic N) is 1. The lowest BCUT2D eigenvalue weighted by Crippen LogP contribution is -2.43. The van der Waals surface area contributed by atoms with Crippen molar-refractivity contribution < 1.29 is 4.74 Å². The second-order valence-corrected chi connectivity index (χ2v) is 7.15. The van der Waals surface area contributed by atoms with E-state index >= 15 is 0 Å². The van der Waals surface area contributed by atoms with Crippen LogP contribution in [-0.4, -0.2) is 50.3 Å². The van der Waals surface area contributed by atoms with Crippen molar-refractivity contribution in [2.75, 3.05) is 39.6 Å². The molecule has 0 unspecified atom stereocenters. The zero-order valence-corrected chi connectivity index (χ0v) is 16.9. The Balaban J connectivity index is 0. The molecule has 0 spiro atoms. The molecule has 0 amide bonds. The number of guanidine groups is 1. The van der Waals surface area contributed by atoms with E-state index in [1.54, 1.807) is 7.05 Å². The maximum absolute atomic E-state index is 5.54. The molecule has 0 aliphatic rings. The maximum atomic E-state index is 5.54. The minimum Gasteiger partial charge on any atom is -0.381 e. The third-order valence-electron chi connectivity index (χ3n) is 2.67. The lowest BCUT2D eigenvalue weighted by atomic mass is 10.2. The summed E-state index contributed by atoms with van der Waals surface area (Å²) in [6.07, 6.45) is 3.13. The van der Waals surface area contributed by atoms with Crippen molar-refractivity contribution in [1.29, 1.82) is 0 Å². The molecular weight excluding hydrogens is 385 g/mol. The van der Waals surface area contributed by atoms with Gasteiger partial charge in [0.25, 0.3) is 0 Å². The lowest BCUT2D eigenvalue weighted by Gasteiger charge is -2.23. The van der Waals surface area contributed by atoms with E-state index in [0.717, 1.165) is 38.7 Å². The molecule has 0 saturated heterocycles. The molecule has 0 aromatic rings. The molecule has 2 N–H and O–H groups in total. The van der Waals surface area contributed by atoms with Gasteiger partial charge in [0.2, 0.25) is 0 Å². The SMILES string of the molecule is CN=C(NCCCOCC(C)C)NCC(C)(C)SC.I. The molecule has 4 nitrogen and oxygen atoms in total. The van der Waals surface area contributed by atoms with Crippen molar-refractivity contribution in [1.82, 2.24) is 10.6 Å². The van der Waals surface area contributed by atoms with Crippen LogP contribution in [0.4, 0.5) is 0 Å². The number of thioether (sulfide) groups is 1. The van der Waals surface area contributed by atoms with Crippen LogP contribution in [0.1, 0.15) is 34.1 Å². The highest BCUT2D eigenvalue weighted by Gasteiger charge is 2.15. The van der Waals surface area contributed by atoms with Crippen molar-refractivity contribution in [2.24, 2.45) is 10.9 Å². The van der Waals surface area contributed by atoms with Gasteiger partial charge in [-0.2, -0.15) is 11.8 Å². The monoisotopic (exact) mass is 417 g/mol. The Bertz CT molecular complexity index is 261. The molecule has 0 fully saturated rings. The first-order valence-electron chi connectivity index (χ1n) is 6.98. The van der Waals surface area contributed by atoms with Crippen LogP contribution >= 0.6 is 35.7 Å². The van der Waals surface area contributed by atoms with Gasteiger partial charge in [-0.1, -0.05) is 13.8 Å². The molecule has 0 heterocycles. The number of hydrogen-bond donors (Lipinski definition) is 2. The first kappa shape index (κ1) is 22.6. The standard InChI is InChI=1S/C14H31N3OS.HI/c1-12(2)10-18-9-7-8-16-13(15-5)17-11-14(3,4)19-6;/h12H,7-11H2,1-6H3,(H2,15,16,17);1H. The third-order valence-corrected chi connectivity index (χ3v) is 3.92. The van der Waals surface area contributed by atoms with Crippen molar-refractivity contribution in [2.45, 2.75) is 38.9 Å². The van der Waals surface area contributed by atoms with E-state index in [2.05, 4.69) is 49.6 Å². The van der Waals surface area contributed by atoms with Gasteiger partial charge in [0.1, 0.15) is 0 Å². The number of nitrogens with one attached hydrogen (secondary N) is 2. The molecule has 0 aromatic heterocycles. The molecule has 0 aliphatic carbocycles. The smallest absolute Gasteiger partial charge is 0.191 e. The minimum atomic E-state index is 0. The largest absolute Gasteiger partial charge is 0.381 e. The van der Waals surface area contributed by atoms with Crippen LogP contribution in [-0.2, 0) is 4.74 Å². The molecule has 6 heteroatoms. The Labute approximate surface area is 146 Å². The molecule has 0 radical (unpaired) electrons. The Morgan fingerprint density at radius 1 is 1.30 bits per heavy atom. The Morgan fingerprint density at radius 3 is 2.45 bits per heavy atom. The second-order valence-electron chi connectivity index (χ2n) is 5.64. The van der Waals surface area contributed by atoms with E-state index in [0.29, 0.717) is 5.92 Å². The Morgan fingerprint density at radius 2 is 1.95 bits per heavy atom. The highest BCUT2D eigenvalue weighted by atomic mass is 127. The van der Waals surface area contributed by atoms with Gasteiger partial charge in [-0.15, -0.1) is 24.0 Å². The van der Waals surface area contributed by atoms with Gasteiger partial charge in [-0.05, 0) is 32.4 Å². The number of aliphatic imine (C=N–C) groups is 1. The average Bonchev–Trinajstić information content (AvgIpc) is 2.36. The average molecular weight is 417 g/mol. The van der Waals surface area contributed by atoms with Crippen molar-refractivity contribution in [3.8, 4) is 0 Å². The van der Waals surface area contributed by atoms with E-state index in [-0.39, 0.29) is 28.7 Å². The van der Waals surface area contributed by atoms with Gasteiger partial charge in [0, 0.05) is 38.1 Å². The number of halogens is 1. The quantitative estimate of drug-likeness (QED) is 0.262. The Kier molecular flexibility index (Phi) is 14.7. The van der Waals surface area contributed by atoms with Gasteiger partial charge >= 0.3 is 0 Å². The number of rotatable bonds is 9. The number of ether oxygens (including phenoxy) is 1. The van der Waals surface area contributed by atoms with Crippen LogP contribution in [0.15, 0.2) is 4.99 Å². The predicted molar refractivity (Wildman–Crippen MR) is 103 cm³/mol. The van der Waals surface area contributed by atoms with Crippen molar-refractivity contribution in [3.63, 3.8) is 0 Å². The predicted octanol–water partition coefficient (Wildman–Crippen LogP) is 2.97. The van der Waals surface area contributed by atoms with E-state index < -0.39 is 0 Å². The fourth-order valence-electron chi connectivity index (χ4n) is 1.29. The fraction of sp³-hybridized carbons (Fsp3) is 0.929. The van der Waals surface area contributed by atoms with E-state index in [1.807, 2.05) is 11.8 Å². The maximum Gasteiger partial charge on any atom is 0.191 e. The number of hydrogen-bond acceptors (Lipinski definition) is 3. The summed E-state index contributed by atoms with van der Waals surface area (Å²) < 4.78 is 5.76. The summed E-state index contributed by atoms with van der Waals surface area (Å²) in [6.45, 7) is 12.2. The molecular formula is C14H32IN3OS. The molecule has 20 heavy (non-hydrogen) atoms. The molecule has 122 valence electrons. The zero-order valence-electron chi connectivity index (χ0n) is 13.8. The molecule has 0 aliphatic heterocycles. The summed E-state index contributed by atoms with van der Waals surface area (Å²) in [6, 6.07) is 0. The zero-order chi connectivity index (χ0) is 14.7.